The number of nitrogens with zero attached hydrogens (tertiary/aromatic N) is 2. The van der Waals surface area contributed by atoms with Crippen LogP contribution >= 0.6 is 0 Å². The Hall–Kier alpha value is -1.12. The molecule has 2 rings (SSSR count). The van der Waals surface area contributed by atoms with Crippen molar-refractivity contribution in [2.75, 3.05) is 5.32 Å². The van der Waals surface area contributed by atoms with Gasteiger partial charge in [0.25, 0.3) is 0 Å². The molecular formula is C14H23N3. The lowest BCUT2D eigenvalue weighted by molar-refractivity contribution is 0.469. The van der Waals surface area contributed by atoms with Crippen molar-refractivity contribution in [3.8, 4) is 0 Å². The van der Waals surface area contributed by atoms with Crippen LogP contribution in [0.2, 0.25) is 0 Å². The SMILES string of the molecule is Cc1cc(C)nc(NC2CCCCCCC2)n1. The Balaban J connectivity index is 1.97. The van der Waals surface area contributed by atoms with Gasteiger partial charge in [-0.3, -0.25) is 0 Å². The van der Waals surface area contributed by atoms with Crippen LogP contribution in [0.25, 0.3) is 0 Å². The summed E-state index contributed by atoms with van der Waals surface area (Å²) in [6.45, 7) is 4.05. The molecule has 0 aromatic carbocycles. The number of aromatic nitrogens is 2. The summed E-state index contributed by atoms with van der Waals surface area (Å²) in [4.78, 5) is 8.92. The monoisotopic (exact) mass is 233 g/mol. The Morgan fingerprint density at radius 2 is 1.47 bits per heavy atom. The zero-order valence-corrected chi connectivity index (χ0v) is 11.0. The summed E-state index contributed by atoms with van der Waals surface area (Å²) >= 11 is 0. The van der Waals surface area contributed by atoms with Gasteiger partial charge in [-0.05, 0) is 32.8 Å². The van der Waals surface area contributed by atoms with Crippen LogP contribution in [-0.2, 0) is 0 Å². The molecule has 0 amide bonds. The summed E-state index contributed by atoms with van der Waals surface area (Å²) in [6.07, 6.45) is 9.36. The van der Waals surface area contributed by atoms with Crippen LogP contribution in [0.1, 0.15) is 56.3 Å². The molecular weight excluding hydrogens is 210 g/mol. The van der Waals surface area contributed by atoms with Crippen LogP contribution in [0.3, 0.4) is 0 Å². The minimum Gasteiger partial charge on any atom is -0.351 e. The average Bonchev–Trinajstić information content (AvgIpc) is 2.20. The Morgan fingerprint density at radius 3 is 2.06 bits per heavy atom. The molecule has 1 aliphatic rings. The highest BCUT2D eigenvalue weighted by Crippen LogP contribution is 2.19. The molecule has 1 fully saturated rings. The molecule has 3 heteroatoms. The summed E-state index contributed by atoms with van der Waals surface area (Å²) in [5.74, 6) is 0.813. The van der Waals surface area contributed by atoms with Crippen molar-refractivity contribution in [3.05, 3.63) is 17.5 Å². The standard InChI is InChI=1S/C14H23N3/c1-11-10-12(2)16-14(15-11)17-13-8-6-4-3-5-7-9-13/h10,13H,3-9H2,1-2H3,(H,15,16,17). The van der Waals surface area contributed by atoms with Crippen molar-refractivity contribution in [1.29, 1.82) is 0 Å². The predicted molar refractivity (Wildman–Crippen MR) is 71.2 cm³/mol. The van der Waals surface area contributed by atoms with E-state index in [1.54, 1.807) is 0 Å². The number of hydrogen-bond acceptors (Lipinski definition) is 3. The van der Waals surface area contributed by atoms with Gasteiger partial charge in [-0.2, -0.15) is 0 Å². The second-order valence-corrected chi connectivity index (χ2v) is 5.16. The fraction of sp³-hybridized carbons (Fsp3) is 0.714. The van der Waals surface area contributed by atoms with Gasteiger partial charge in [-0.1, -0.05) is 32.1 Å². The van der Waals surface area contributed by atoms with Crippen LogP contribution in [0.4, 0.5) is 5.95 Å². The van der Waals surface area contributed by atoms with Crippen LogP contribution in [0.15, 0.2) is 6.07 Å². The topological polar surface area (TPSA) is 37.8 Å². The van der Waals surface area contributed by atoms with Crippen LogP contribution in [0.5, 0.6) is 0 Å². The highest BCUT2D eigenvalue weighted by Gasteiger charge is 2.12. The summed E-state index contributed by atoms with van der Waals surface area (Å²) in [6, 6.07) is 2.58. The number of anilines is 1. The first-order valence-electron chi connectivity index (χ1n) is 6.83. The third kappa shape index (κ3) is 3.99. The quantitative estimate of drug-likeness (QED) is 0.847. The molecule has 1 heterocycles. The maximum atomic E-state index is 4.46. The van der Waals surface area contributed by atoms with E-state index >= 15 is 0 Å². The Kier molecular flexibility index (Phi) is 4.35. The number of nitrogens with one attached hydrogen (secondary N) is 1. The fourth-order valence-electron chi connectivity index (χ4n) is 2.57. The summed E-state index contributed by atoms with van der Waals surface area (Å²) < 4.78 is 0. The largest absolute Gasteiger partial charge is 0.351 e. The van der Waals surface area contributed by atoms with E-state index in [-0.39, 0.29) is 0 Å². The van der Waals surface area contributed by atoms with Gasteiger partial charge in [-0.25, -0.2) is 9.97 Å². The number of rotatable bonds is 2. The molecule has 1 aromatic rings. The third-order valence-corrected chi connectivity index (χ3v) is 3.42. The molecule has 0 unspecified atom stereocenters. The van der Waals surface area contributed by atoms with E-state index < -0.39 is 0 Å². The van der Waals surface area contributed by atoms with E-state index in [9.17, 15) is 0 Å². The first-order chi connectivity index (χ1) is 8.24. The number of hydrogen-bond donors (Lipinski definition) is 1. The summed E-state index contributed by atoms with van der Waals surface area (Å²) in [5, 5.41) is 3.51. The molecule has 1 aromatic heterocycles. The van der Waals surface area contributed by atoms with Crippen LogP contribution in [0, 0.1) is 13.8 Å². The molecule has 17 heavy (non-hydrogen) atoms. The van der Waals surface area contributed by atoms with Gasteiger partial charge in [0.15, 0.2) is 0 Å². The smallest absolute Gasteiger partial charge is 0.223 e. The highest BCUT2D eigenvalue weighted by atomic mass is 15.1. The van der Waals surface area contributed by atoms with Gasteiger partial charge in [0.1, 0.15) is 0 Å². The average molecular weight is 233 g/mol. The van der Waals surface area contributed by atoms with Crippen molar-refractivity contribution in [2.45, 2.75) is 64.8 Å². The van der Waals surface area contributed by atoms with Crippen molar-refractivity contribution in [1.82, 2.24) is 9.97 Å². The van der Waals surface area contributed by atoms with E-state index in [4.69, 9.17) is 0 Å². The van der Waals surface area contributed by atoms with Gasteiger partial charge >= 0.3 is 0 Å². The second kappa shape index (κ2) is 5.99. The lowest BCUT2D eigenvalue weighted by Gasteiger charge is -2.21. The van der Waals surface area contributed by atoms with E-state index in [2.05, 4.69) is 15.3 Å². The molecule has 0 bridgehead atoms. The molecule has 0 saturated heterocycles. The van der Waals surface area contributed by atoms with Crippen LogP contribution in [-0.4, -0.2) is 16.0 Å². The van der Waals surface area contributed by atoms with Crippen molar-refractivity contribution in [2.24, 2.45) is 0 Å². The Morgan fingerprint density at radius 1 is 0.941 bits per heavy atom. The Bertz CT molecular complexity index is 334. The van der Waals surface area contributed by atoms with Crippen molar-refractivity contribution >= 4 is 5.95 Å². The normalized spacial score (nSPS) is 18.5. The lowest BCUT2D eigenvalue weighted by Crippen LogP contribution is -2.22. The van der Waals surface area contributed by atoms with E-state index in [1.807, 2.05) is 19.9 Å². The minimum absolute atomic E-state index is 0.566. The van der Waals surface area contributed by atoms with Gasteiger partial charge in [0, 0.05) is 17.4 Å². The first kappa shape index (κ1) is 12.3. The lowest BCUT2D eigenvalue weighted by atomic mass is 9.97. The molecule has 1 saturated carbocycles. The maximum absolute atomic E-state index is 4.46. The van der Waals surface area contributed by atoms with E-state index in [0.717, 1.165) is 17.3 Å². The van der Waals surface area contributed by atoms with E-state index in [0.29, 0.717) is 6.04 Å². The fourth-order valence-corrected chi connectivity index (χ4v) is 2.57. The van der Waals surface area contributed by atoms with Gasteiger partial charge in [-0.15, -0.1) is 0 Å². The zero-order chi connectivity index (χ0) is 12.1. The van der Waals surface area contributed by atoms with Crippen molar-refractivity contribution in [3.63, 3.8) is 0 Å². The van der Waals surface area contributed by atoms with Gasteiger partial charge < -0.3 is 5.32 Å². The second-order valence-electron chi connectivity index (χ2n) is 5.16. The maximum Gasteiger partial charge on any atom is 0.223 e. The molecule has 1 N–H and O–H groups in total. The first-order valence-corrected chi connectivity index (χ1v) is 6.83. The molecule has 0 spiro atoms. The molecule has 1 aliphatic carbocycles. The zero-order valence-electron chi connectivity index (χ0n) is 11.0. The van der Waals surface area contributed by atoms with Gasteiger partial charge in [0.05, 0.1) is 0 Å². The summed E-state index contributed by atoms with van der Waals surface area (Å²) in [5.41, 5.74) is 2.09. The summed E-state index contributed by atoms with van der Waals surface area (Å²) in [7, 11) is 0. The molecule has 3 nitrogen and oxygen atoms in total. The predicted octanol–water partition coefficient (Wildman–Crippen LogP) is 3.62. The van der Waals surface area contributed by atoms with Crippen molar-refractivity contribution < 1.29 is 0 Å². The third-order valence-electron chi connectivity index (χ3n) is 3.42. The molecule has 0 aliphatic heterocycles. The molecule has 0 radical (unpaired) electrons. The Labute approximate surface area is 104 Å². The minimum atomic E-state index is 0.566. The number of aryl methyl sites for hydroxylation is 2. The van der Waals surface area contributed by atoms with Crippen LogP contribution < -0.4 is 5.32 Å². The highest BCUT2D eigenvalue weighted by molar-refractivity contribution is 5.29. The molecule has 94 valence electrons. The van der Waals surface area contributed by atoms with E-state index in [1.165, 1.54) is 44.9 Å². The van der Waals surface area contributed by atoms with Gasteiger partial charge in [0.2, 0.25) is 5.95 Å². The molecule has 0 atom stereocenters.